The Morgan fingerprint density at radius 2 is 1.79 bits per heavy atom. The topological polar surface area (TPSA) is 49.3 Å². The van der Waals surface area contributed by atoms with E-state index in [1.54, 1.807) is 0 Å². The highest BCUT2D eigenvalue weighted by Crippen LogP contribution is 2.39. The predicted octanol–water partition coefficient (Wildman–Crippen LogP) is 5.11. The molecule has 1 atom stereocenters. The number of benzene rings is 1. The molecule has 5 nitrogen and oxygen atoms in total. The van der Waals surface area contributed by atoms with Crippen molar-refractivity contribution >= 4 is 23.5 Å². The van der Waals surface area contributed by atoms with Gasteiger partial charge in [-0.3, -0.25) is 4.79 Å². The number of likely N-dealkylation sites (tertiary alicyclic amines) is 1. The van der Waals surface area contributed by atoms with Crippen LogP contribution in [0, 0.1) is 5.92 Å². The van der Waals surface area contributed by atoms with E-state index in [0.717, 1.165) is 49.0 Å². The number of carbonyl (C=O) groups is 1. The van der Waals surface area contributed by atoms with Crippen LogP contribution in [0.15, 0.2) is 30.5 Å². The lowest BCUT2D eigenvalue weighted by molar-refractivity contribution is -0.137. The smallest absolute Gasteiger partial charge is 0.226 e. The van der Waals surface area contributed by atoms with Crippen molar-refractivity contribution in [1.82, 2.24) is 14.9 Å². The van der Waals surface area contributed by atoms with Gasteiger partial charge in [0.15, 0.2) is 0 Å². The summed E-state index contributed by atoms with van der Waals surface area (Å²) in [6.45, 7) is 0.821. The minimum absolute atomic E-state index is 0.0109. The Hall–Kier alpha value is -2.14. The number of nitrogens with zero attached hydrogens (tertiary/aromatic N) is 4. The Balaban J connectivity index is 1.71. The van der Waals surface area contributed by atoms with Crippen molar-refractivity contribution in [1.29, 1.82) is 0 Å². The van der Waals surface area contributed by atoms with E-state index >= 15 is 0 Å². The number of carbonyl (C=O) groups excluding carboxylic acids is 1. The number of hydrogen-bond donors (Lipinski definition) is 0. The average Bonchev–Trinajstić information content (AvgIpc) is 3.23. The molecule has 1 aromatic heterocycles. The largest absolute Gasteiger partial charge is 0.347 e. The molecule has 1 aromatic carbocycles. The zero-order chi connectivity index (χ0) is 20.4. The molecule has 0 unspecified atom stereocenters. The first-order valence-electron chi connectivity index (χ1n) is 10.7. The van der Waals surface area contributed by atoms with Crippen molar-refractivity contribution in [3.63, 3.8) is 0 Å². The summed E-state index contributed by atoms with van der Waals surface area (Å²) in [6.07, 6.45) is 9.51. The van der Waals surface area contributed by atoms with Crippen LogP contribution < -0.4 is 4.90 Å². The van der Waals surface area contributed by atoms with Gasteiger partial charge in [0, 0.05) is 43.3 Å². The molecule has 2 fully saturated rings. The second kappa shape index (κ2) is 8.70. The van der Waals surface area contributed by atoms with Crippen molar-refractivity contribution in [2.45, 2.75) is 51.0 Å². The minimum Gasteiger partial charge on any atom is -0.347 e. The molecule has 0 spiro atoms. The van der Waals surface area contributed by atoms with Gasteiger partial charge in [-0.05, 0) is 43.4 Å². The van der Waals surface area contributed by atoms with Gasteiger partial charge in [-0.2, -0.15) is 0 Å². The second-order valence-corrected chi connectivity index (χ2v) is 8.83. The molecule has 1 amide bonds. The summed E-state index contributed by atoms with van der Waals surface area (Å²) in [6, 6.07) is 7.79. The lowest BCUT2D eigenvalue weighted by atomic mass is 9.88. The molecule has 1 saturated carbocycles. The molecule has 2 aromatic rings. The standard InChI is InChI=1S/C23H29ClN4O/c1-27(2)23-25-15-19(16-10-12-18(24)13-11-16)21(26-23)20-9-6-14-28(20)22(29)17-7-4-3-5-8-17/h10-13,15,17,20H,3-9,14H2,1-2H3/t20-/m0/s1. The van der Waals surface area contributed by atoms with Crippen molar-refractivity contribution in [2.75, 3.05) is 25.5 Å². The molecule has 6 heteroatoms. The van der Waals surface area contributed by atoms with Crippen molar-refractivity contribution in [3.8, 4) is 11.1 Å². The van der Waals surface area contributed by atoms with E-state index in [0.29, 0.717) is 16.9 Å². The number of hydrogen-bond acceptors (Lipinski definition) is 4. The average molecular weight is 413 g/mol. The normalized spacial score (nSPS) is 20.1. The molecule has 0 N–H and O–H groups in total. The van der Waals surface area contributed by atoms with Crippen LogP contribution in [-0.2, 0) is 4.79 Å². The van der Waals surface area contributed by atoms with Gasteiger partial charge in [-0.25, -0.2) is 9.97 Å². The van der Waals surface area contributed by atoms with E-state index in [4.69, 9.17) is 16.6 Å². The molecular formula is C23H29ClN4O. The zero-order valence-electron chi connectivity index (χ0n) is 17.3. The molecule has 2 heterocycles. The number of aromatic nitrogens is 2. The van der Waals surface area contributed by atoms with E-state index in [-0.39, 0.29) is 12.0 Å². The van der Waals surface area contributed by atoms with Gasteiger partial charge in [0.25, 0.3) is 0 Å². The van der Waals surface area contributed by atoms with Gasteiger partial charge in [-0.1, -0.05) is 43.0 Å². The van der Waals surface area contributed by atoms with Crippen LogP contribution in [0.4, 0.5) is 5.95 Å². The van der Waals surface area contributed by atoms with Gasteiger partial charge in [0.1, 0.15) is 0 Å². The summed E-state index contributed by atoms with van der Waals surface area (Å²) < 4.78 is 0. The Kier molecular flexibility index (Phi) is 6.04. The molecule has 29 heavy (non-hydrogen) atoms. The van der Waals surface area contributed by atoms with E-state index in [1.807, 2.05) is 49.5 Å². The number of halogens is 1. The fourth-order valence-electron chi connectivity index (χ4n) is 4.61. The molecule has 154 valence electrons. The first kappa shape index (κ1) is 20.1. The SMILES string of the molecule is CN(C)c1ncc(-c2ccc(Cl)cc2)c([C@@H]2CCCN2C(=O)C2CCCCC2)n1. The summed E-state index contributed by atoms with van der Waals surface area (Å²) in [5, 5.41) is 0.705. The van der Waals surface area contributed by atoms with Crippen LogP contribution in [0.5, 0.6) is 0 Å². The van der Waals surface area contributed by atoms with Gasteiger partial charge in [0.05, 0.1) is 11.7 Å². The molecule has 0 radical (unpaired) electrons. The lowest BCUT2D eigenvalue weighted by Gasteiger charge is -2.31. The first-order chi connectivity index (χ1) is 14.0. The highest BCUT2D eigenvalue weighted by Gasteiger charge is 2.36. The first-order valence-corrected chi connectivity index (χ1v) is 11.0. The monoisotopic (exact) mass is 412 g/mol. The lowest BCUT2D eigenvalue weighted by Crippen LogP contribution is -2.37. The van der Waals surface area contributed by atoms with Crippen LogP contribution in [0.2, 0.25) is 5.02 Å². The summed E-state index contributed by atoms with van der Waals surface area (Å²) in [5.74, 6) is 1.17. The predicted molar refractivity (Wildman–Crippen MR) is 117 cm³/mol. The third-order valence-electron chi connectivity index (χ3n) is 6.17. The van der Waals surface area contributed by atoms with Gasteiger partial charge < -0.3 is 9.80 Å². The maximum absolute atomic E-state index is 13.4. The van der Waals surface area contributed by atoms with Crippen molar-refractivity contribution in [3.05, 3.63) is 41.2 Å². The van der Waals surface area contributed by atoms with Crippen LogP contribution in [0.1, 0.15) is 56.7 Å². The van der Waals surface area contributed by atoms with Gasteiger partial charge in [-0.15, -0.1) is 0 Å². The Bertz CT molecular complexity index is 862. The Labute approximate surface area is 178 Å². The summed E-state index contributed by atoms with van der Waals surface area (Å²) in [5.41, 5.74) is 2.97. The van der Waals surface area contributed by atoms with Crippen LogP contribution in [0.3, 0.4) is 0 Å². The number of amides is 1. The van der Waals surface area contributed by atoms with E-state index < -0.39 is 0 Å². The maximum atomic E-state index is 13.4. The molecule has 4 rings (SSSR count). The molecule has 1 saturated heterocycles. The van der Waals surface area contributed by atoms with E-state index in [9.17, 15) is 4.79 Å². The summed E-state index contributed by atoms with van der Waals surface area (Å²) in [7, 11) is 3.89. The van der Waals surface area contributed by atoms with Gasteiger partial charge in [0.2, 0.25) is 11.9 Å². The van der Waals surface area contributed by atoms with Crippen LogP contribution in [0.25, 0.3) is 11.1 Å². The summed E-state index contributed by atoms with van der Waals surface area (Å²) in [4.78, 5) is 26.8. The quantitative estimate of drug-likeness (QED) is 0.700. The number of rotatable bonds is 4. The number of anilines is 1. The molecule has 0 bridgehead atoms. The molecule has 1 aliphatic carbocycles. The second-order valence-electron chi connectivity index (χ2n) is 8.39. The summed E-state index contributed by atoms with van der Waals surface area (Å²) >= 11 is 6.09. The minimum atomic E-state index is 0.0109. The van der Waals surface area contributed by atoms with Crippen LogP contribution >= 0.6 is 11.6 Å². The molecular weight excluding hydrogens is 384 g/mol. The van der Waals surface area contributed by atoms with Crippen molar-refractivity contribution in [2.24, 2.45) is 5.92 Å². The third kappa shape index (κ3) is 4.25. The molecule has 1 aliphatic heterocycles. The maximum Gasteiger partial charge on any atom is 0.226 e. The Morgan fingerprint density at radius 3 is 2.48 bits per heavy atom. The Morgan fingerprint density at radius 1 is 1.07 bits per heavy atom. The van der Waals surface area contributed by atoms with E-state index in [2.05, 4.69) is 9.88 Å². The van der Waals surface area contributed by atoms with Crippen molar-refractivity contribution < 1.29 is 4.79 Å². The van der Waals surface area contributed by atoms with Gasteiger partial charge >= 0.3 is 0 Å². The highest BCUT2D eigenvalue weighted by molar-refractivity contribution is 6.30. The van der Waals surface area contributed by atoms with E-state index in [1.165, 1.54) is 19.3 Å². The van der Waals surface area contributed by atoms with Crippen LogP contribution in [-0.4, -0.2) is 41.4 Å². The molecule has 2 aliphatic rings. The third-order valence-corrected chi connectivity index (χ3v) is 6.42. The highest BCUT2D eigenvalue weighted by atomic mass is 35.5. The fraction of sp³-hybridized carbons (Fsp3) is 0.522. The fourth-order valence-corrected chi connectivity index (χ4v) is 4.73. The zero-order valence-corrected chi connectivity index (χ0v) is 18.0.